The van der Waals surface area contributed by atoms with E-state index in [9.17, 15) is 4.79 Å². The van der Waals surface area contributed by atoms with Gasteiger partial charge in [0.25, 0.3) is 5.56 Å². The van der Waals surface area contributed by atoms with Gasteiger partial charge in [-0.15, -0.1) is 11.3 Å². The van der Waals surface area contributed by atoms with Crippen LogP contribution in [0.2, 0.25) is 0 Å². The summed E-state index contributed by atoms with van der Waals surface area (Å²) in [7, 11) is 0. The Morgan fingerprint density at radius 1 is 1.65 bits per heavy atom. The van der Waals surface area contributed by atoms with Crippen LogP contribution in [-0.4, -0.2) is 21.8 Å². The fourth-order valence-corrected chi connectivity index (χ4v) is 3.14. The molecule has 0 saturated heterocycles. The molecule has 0 aromatic carbocycles. The number of aromatic nitrogens is 2. The van der Waals surface area contributed by atoms with Crippen molar-refractivity contribution in [1.29, 1.82) is 0 Å². The molecule has 0 aliphatic carbocycles. The standard InChI is InChI=1S/C11H15N3OS2/c1-7(2-4-12)17-6-9-13-8-3-5-16-10(8)11(15)14-9/h3,5,7H,2,4,6,12H2,1H3,(H,13,14,15). The van der Waals surface area contributed by atoms with Gasteiger partial charge >= 0.3 is 0 Å². The minimum atomic E-state index is -0.0351. The third-order valence-corrected chi connectivity index (χ3v) is 4.59. The molecule has 0 aliphatic rings. The van der Waals surface area contributed by atoms with Crippen molar-refractivity contribution in [2.45, 2.75) is 24.3 Å². The van der Waals surface area contributed by atoms with Crippen LogP contribution in [0.5, 0.6) is 0 Å². The van der Waals surface area contributed by atoms with Gasteiger partial charge in [-0.25, -0.2) is 4.98 Å². The number of nitrogens with one attached hydrogen (secondary N) is 1. The van der Waals surface area contributed by atoms with E-state index in [0.717, 1.165) is 23.5 Å². The molecule has 0 fully saturated rings. The molecule has 0 spiro atoms. The van der Waals surface area contributed by atoms with E-state index < -0.39 is 0 Å². The van der Waals surface area contributed by atoms with Gasteiger partial charge in [-0.05, 0) is 24.4 Å². The highest BCUT2D eigenvalue weighted by Crippen LogP contribution is 2.19. The molecule has 2 aromatic heterocycles. The van der Waals surface area contributed by atoms with Gasteiger partial charge in [-0.2, -0.15) is 11.8 Å². The normalized spacial score (nSPS) is 13.1. The van der Waals surface area contributed by atoms with Crippen molar-refractivity contribution in [2.75, 3.05) is 6.54 Å². The predicted molar refractivity (Wildman–Crippen MR) is 74.7 cm³/mol. The molecule has 2 rings (SSSR count). The van der Waals surface area contributed by atoms with Crippen LogP contribution in [0.1, 0.15) is 19.2 Å². The van der Waals surface area contributed by atoms with Gasteiger partial charge in [0.1, 0.15) is 10.5 Å². The number of fused-ring (bicyclic) bond motifs is 1. The number of thiophene rings is 1. The van der Waals surface area contributed by atoms with Crippen LogP contribution in [0, 0.1) is 0 Å². The molecule has 0 saturated carbocycles. The van der Waals surface area contributed by atoms with E-state index in [1.54, 1.807) is 11.8 Å². The lowest BCUT2D eigenvalue weighted by molar-refractivity contribution is 0.821. The van der Waals surface area contributed by atoms with E-state index >= 15 is 0 Å². The Kier molecular flexibility index (Phi) is 4.20. The molecule has 1 atom stereocenters. The Bertz CT molecular complexity index is 549. The number of rotatable bonds is 5. The number of hydrogen-bond acceptors (Lipinski definition) is 5. The molecule has 0 aliphatic heterocycles. The first kappa shape index (κ1) is 12.6. The summed E-state index contributed by atoms with van der Waals surface area (Å²) in [4.78, 5) is 19.0. The number of H-pyrrole nitrogens is 1. The summed E-state index contributed by atoms with van der Waals surface area (Å²) in [5, 5.41) is 2.38. The van der Waals surface area contributed by atoms with Crippen molar-refractivity contribution in [3.8, 4) is 0 Å². The summed E-state index contributed by atoms with van der Waals surface area (Å²) in [5.74, 6) is 1.47. The van der Waals surface area contributed by atoms with Crippen LogP contribution in [0.3, 0.4) is 0 Å². The highest BCUT2D eigenvalue weighted by Gasteiger charge is 2.07. The summed E-state index contributed by atoms with van der Waals surface area (Å²) < 4.78 is 0.703. The second kappa shape index (κ2) is 5.66. The predicted octanol–water partition coefficient (Wildman–Crippen LogP) is 1.96. The Balaban J connectivity index is 2.11. The smallest absolute Gasteiger partial charge is 0.268 e. The molecule has 3 N–H and O–H groups in total. The highest BCUT2D eigenvalue weighted by atomic mass is 32.2. The van der Waals surface area contributed by atoms with Crippen molar-refractivity contribution < 1.29 is 0 Å². The quantitative estimate of drug-likeness (QED) is 0.870. The number of aromatic amines is 1. The van der Waals surface area contributed by atoms with E-state index in [1.807, 2.05) is 11.4 Å². The average Bonchev–Trinajstić information content (AvgIpc) is 2.75. The summed E-state index contributed by atoms with van der Waals surface area (Å²) >= 11 is 3.19. The van der Waals surface area contributed by atoms with Crippen molar-refractivity contribution in [1.82, 2.24) is 9.97 Å². The molecule has 6 heteroatoms. The van der Waals surface area contributed by atoms with Crippen molar-refractivity contribution >= 4 is 33.3 Å². The lowest BCUT2D eigenvalue weighted by atomic mass is 10.3. The topological polar surface area (TPSA) is 71.8 Å². The summed E-state index contributed by atoms with van der Waals surface area (Å²) in [5.41, 5.74) is 6.25. The Morgan fingerprint density at radius 2 is 2.47 bits per heavy atom. The van der Waals surface area contributed by atoms with E-state index in [0.29, 0.717) is 16.5 Å². The fraction of sp³-hybridized carbons (Fsp3) is 0.455. The first-order valence-electron chi connectivity index (χ1n) is 5.48. The van der Waals surface area contributed by atoms with E-state index in [4.69, 9.17) is 5.73 Å². The highest BCUT2D eigenvalue weighted by molar-refractivity contribution is 7.99. The monoisotopic (exact) mass is 269 g/mol. The molecule has 0 radical (unpaired) electrons. The van der Waals surface area contributed by atoms with Gasteiger partial charge in [0.05, 0.1) is 11.3 Å². The SMILES string of the molecule is CC(CCN)SCc1nc2ccsc2c(=O)[nH]1. The van der Waals surface area contributed by atoms with Gasteiger partial charge in [-0.3, -0.25) is 4.79 Å². The van der Waals surface area contributed by atoms with Gasteiger partial charge in [0.15, 0.2) is 0 Å². The molecule has 0 amide bonds. The summed E-state index contributed by atoms with van der Waals surface area (Å²) in [6.07, 6.45) is 0.982. The number of hydrogen-bond donors (Lipinski definition) is 2. The van der Waals surface area contributed by atoms with Crippen LogP contribution >= 0.6 is 23.1 Å². The number of nitrogens with zero attached hydrogens (tertiary/aromatic N) is 1. The van der Waals surface area contributed by atoms with Crippen LogP contribution in [0.4, 0.5) is 0 Å². The fourth-order valence-electron chi connectivity index (χ4n) is 1.53. The maximum Gasteiger partial charge on any atom is 0.268 e. The van der Waals surface area contributed by atoms with Crippen LogP contribution in [0.25, 0.3) is 10.2 Å². The largest absolute Gasteiger partial charge is 0.330 e. The zero-order valence-electron chi connectivity index (χ0n) is 9.60. The van der Waals surface area contributed by atoms with E-state index in [1.165, 1.54) is 11.3 Å². The molecule has 2 aromatic rings. The second-order valence-electron chi connectivity index (χ2n) is 3.85. The zero-order chi connectivity index (χ0) is 12.3. The lowest BCUT2D eigenvalue weighted by Crippen LogP contribution is -2.11. The lowest BCUT2D eigenvalue weighted by Gasteiger charge is -2.08. The maximum absolute atomic E-state index is 11.7. The molecule has 92 valence electrons. The van der Waals surface area contributed by atoms with E-state index in [2.05, 4.69) is 16.9 Å². The molecular weight excluding hydrogens is 254 g/mol. The minimum absolute atomic E-state index is 0.0351. The molecular formula is C11H15N3OS2. The molecule has 2 heterocycles. The third-order valence-electron chi connectivity index (χ3n) is 2.44. The van der Waals surface area contributed by atoms with E-state index in [-0.39, 0.29) is 5.56 Å². The maximum atomic E-state index is 11.7. The van der Waals surface area contributed by atoms with Gasteiger partial charge in [0, 0.05) is 5.25 Å². The summed E-state index contributed by atoms with van der Waals surface area (Å²) in [6.45, 7) is 2.83. The first-order valence-corrected chi connectivity index (χ1v) is 7.41. The van der Waals surface area contributed by atoms with Crippen LogP contribution in [-0.2, 0) is 5.75 Å². The van der Waals surface area contributed by atoms with Gasteiger partial charge in [0.2, 0.25) is 0 Å². The summed E-state index contributed by atoms with van der Waals surface area (Å²) in [6, 6.07) is 1.88. The van der Waals surface area contributed by atoms with Crippen molar-refractivity contribution in [3.05, 3.63) is 27.6 Å². The molecule has 17 heavy (non-hydrogen) atoms. The van der Waals surface area contributed by atoms with Gasteiger partial charge < -0.3 is 10.7 Å². The van der Waals surface area contributed by atoms with Crippen molar-refractivity contribution in [2.24, 2.45) is 5.73 Å². The molecule has 1 unspecified atom stereocenters. The Labute approximate surface area is 108 Å². The van der Waals surface area contributed by atoms with Crippen LogP contribution in [0.15, 0.2) is 16.2 Å². The van der Waals surface area contributed by atoms with Gasteiger partial charge in [-0.1, -0.05) is 6.92 Å². The average molecular weight is 269 g/mol. The Morgan fingerprint density at radius 3 is 3.24 bits per heavy atom. The molecule has 0 bridgehead atoms. The second-order valence-corrected chi connectivity index (χ2v) is 6.19. The third kappa shape index (κ3) is 3.08. The van der Waals surface area contributed by atoms with Crippen molar-refractivity contribution in [3.63, 3.8) is 0 Å². The first-order chi connectivity index (χ1) is 8.20. The zero-order valence-corrected chi connectivity index (χ0v) is 11.2. The number of nitrogens with two attached hydrogens (primary N) is 1. The minimum Gasteiger partial charge on any atom is -0.330 e. The Hall–Kier alpha value is -0.850. The number of thioether (sulfide) groups is 1. The van der Waals surface area contributed by atoms with Crippen LogP contribution < -0.4 is 11.3 Å². The molecule has 4 nitrogen and oxygen atoms in total.